The molecule has 0 bridgehead atoms. The average Bonchev–Trinajstić information content (AvgIpc) is 3.61. The van der Waals surface area contributed by atoms with E-state index in [1.807, 2.05) is 12.1 Å². The van der Waals surface area contributed by atoms with Gasteiger partial charge in [0.2, 0.25) is 0 Å². The number of rotatable bonds is 5. The summed E-state index contributed by atoms with van der Waals surface area (Å²) in [6.45, 7) is 0. The van der Waals surface area contributed by atoms with E-state index in [-0.39, 0.29) is 0 Å². The maximum Gasteiger partial charge on any atom is 0.136 e. The topological polar surface area (TPSA) is 16.4 Å². The predicted molar refractivity (Wildman–Crippen MR) is 229 cm³/mol. The Morgan fingerprint density at radius 3 is 1.93 bits per heavy atom. The van der Waals surface area contributed by atoms with Gasteiger partial charge in [-0.3, -0.25) is 0 Å². The smallest absolute Gasteiger partial charge is 0.136 e. The molecule has 1 heterocycles. The highest BCUT2D eigenvalue weighted by Gasteiger charge is 2.19. The maximum absolute atomic E-state index is 6.42. The van der Waals surface area contributed by atoms with Gasteiger partial charge in [-0.2, -0.15) is 0 Å². The zero-order valence-corrected chi connectivity index (χ0v) is 29.4. The van der Waals surface area contributed by atoms with E-state index in [1.165, 1.54) is 60.0 Å². The van der Waals surface area contributed by atoms with E-state index < -0.39 is 0 Å². The van der Waals surface area contributed by atoms with Crippen LogP contribution in [-0.2, 0) is 0 Å². The van der Waals surface area contributed by atoms with E-state index in [4.69, 9.17) is 4.42 Å². The number of anilines is 3. The average molecular weight is 688 g/mol. The molecule has 0 saturated carbocycles. The van der Waals surface area contributed by atoms with Gasteiger partial charge < -0.3 is 9.32 Å². The van der Waals surface area contributed by atoms with Crippen LogP contribution in [0.4, 0.5) is 17.1 Å². The second-order valence-electron chi connectivity index (χ2n) is 14.1. The molecule has 0 amide bonds. The number of hydrogen-bond donors (Lipinski definition) is 0. The number of hydrogen-bond acceptors (Lipinski definition) is 2. The number of furan rings is 1. The van der Waals surface area contributed by atoms with Crippen LogP contribution in [0.15, 0.2) is 205 Å². The van der Waals surface area contributed by atoms with Gasteiger partial charge in [-0.25, -0.2) is 0 Å². The minimum atomic E-state index is 0.890. The third kappa shape index (κ3) is 4.88. The Bertz CT molecular complexity index is 3210. The molecule has 0 saturated heterocycles. The van der Waals surface area contributed by atoms with E-state index >= 15 is 0 Å². The van der Waals surface area contributed by atoms with Crippen LogP contribution in [0, 0.1) is 0 Å². The molecule has 0 radical (unpaired) electrons. The normalized spacial score (nSPS) is 11.7. The second-order valence-corrected chi connectivity index (χ2v) is 14.1. The summed E-state index contributed by atoms with van der Waals surface area (Å²) in [5.41, 5.74) is 9.83. The van der Waals surface area contributed by atoms with Crippen molar-refractivity contribution in [1.82, 2.24) is 0 Å². The van der Waals surface area contributed by atoms with Crippen LogP contribution in [0.1, 0.15) is 0 Å². The minimum Gasteiger partial charge on any atom is -0.456 e. The van der Waals surface area contributed by atoms with Crippen molar-refractivity contribution in [2.75, 3.05) is 4.90 Å². The van der Waals surface area contributed by atoms with Crippen molar-refractivity contribution in [3.05, 3.63) is 200 Å². The first-order valence-electron chi connectivity index (χ1n) is 18.5. The summed E-state index contributed by atoms with van der Waals surface area (Å²) >= 11 is 0. The summed E-state index contributed by atoms with van der Waals surface area (Å²) in [5, 5.41) is 12.2. The largest absolute Gasteiger partial charge is 0.456 e. The molecule has 10 aromatic carbocycles. The van der Waals surface area contributed by atoms with Gasteiger partial charge in [0.25, 0.3) is 0 Å². The highest BCUT2D eigenvalue weighted by atomic mass is 16.3. The number of fused-ring (bicyclic) bond motifs is 9. The van der Waals surface area contributed by atoms with Crippen LogP contribution in [0.25, 0.3) is 87.3 Å². The molecular weight excluding hydrogens is 655 g/mol. The molecule has 0 unspecified atom stereocenters. The van der Waals surface area contributed by atoms with Crippen molar-refractivity contribution in [1.29, 1.82) is 0 Å². The summed E-state index contributed by atoms with van der Waals surface area (Å²) in [6.07, 6.45) is 0. The second kappa shape index (κ2) is 12.2. The third-order valence-corrected chi connectivity index (χ3v) is 11.0. The van der Waals surface area contributed by atoms with Gasteiger partial charge >= 0.3 is 0 Å². The zero-order chi connectivity index (χ0) is 35.6. The molecule has 0 aliphatic rings. The van der Waals surface area contributed by atoms with Crippen LogP contribution < -0.4 is 4.90 Å². The predicted octanol–water partition coefficient (Wildman–Crippen LogP) is 15.0. The van der Waals surface area contributed by atoms with E-state index in [9.17, 15) is 0 Å². The van der Waals surface area contributed by atoms with Crippen LogP contribution in [0.3, 0.4) is 0 Å². The fourth-order valence-corrected chi connectivity index (χ4v) is 8.46. The SMILES string of the molecule is c1ccc(-c2cccc(N(c3ccc(-c4cccc5c4ccc4ccc6ccccc6c45)cc3)c3cccc4cc5c(cc34)oc3ccccc35)c2)cc1. The molecule has 0 fully saturated rings. The Morgan fingerprint density at radius 2 is 1.02 bits per heavy atom. The van der Waals surface area contributed by atoms with Gasteiger partial charge in [-0.05, 0) is 108 Å². The van der Waals surface area contributed by atoms with E-state index in [0.717, 1.165) is 44.4 Å². The molecule has 11 aromatic rings. The molecule has 2 heteroatoms. The molecular formula is C52H33NO. The summed E-state index contributed by atoms with van der Waals surface area (Å²) in [4.78, 5) is 2.38. The first kappa shape index (κ1) is 30.5. The summed E-state index contributed by atoms with van der Waals surface area (Å²) in [6, 6.07) is 72.3. The summed E-state index contributed by atoms with van der Waals surface area (Å²) in [5.74, 6) is 0. The first-order chi connectivity index (χ1) is 26.8. The Kier molecular flexibility index (Phi) is 6.90. The van der Waals surface area contributed by atoms with Gasteiger partial charge in [0.15, 0.2) is 0 Å². The summed E-state index contributed by atoms with van der Waals surface area (Å²) in [7, 11) is 0. The number of nitrogens with zero attached hydrogens (tertiary/aromatic N) is 1. The monoisotopic (exact) mass is 687 g/mol. The van der Waals surface area contributed by atoms with E-state index in [1.54, 1.807) is 0 Å². The molecule has 0 spiro atoms. The van der Waals surface area contributed by atoms with Crippen LogP contribution in [0.5, 0.6) is 0 Å². The van der Waals surface area contributed by atoms with Crippen molar-refractivity contribution < 1.29 is 4.42 Å². The van der Waals surface area contributed by atoms with Crippen LogP contribution in [0.2, 0.25) is 0 Å². The molecule has 11 rings (SSSR count). The molecule has 252 valence electrons. The molecule has 0 aliphatic heterocycles. The van der Waals surface area contributed by atoms with Gasteiger partial charge in [0.05, 0.1) is 5.69 Å². The highest BCUT2D eigenvalue weighted by Crippen LogP contribution is 2.44. The Morgan fingerprint density at radius 1 is 0.315 bits per heavy atom. The van der Waals surface area contributed by atoms with Gasteiger partial charge in [-0.15, -0.1) is 0 Å². The first-order valence-corrected chi connectivity index (χ1v) is 18.5. The van der Waals surface area contributed by atoms with E-state index in [0.29, 0.717) is 0 Å². The van der Waals surface area contributed by atoms with Crippen LogP contribution in [-0.4, -0.2) is 0 Å². The Hall–Kier alpha value is -7.16. The fourth-order valence-electron chi connectivity index (χ4n) is 8.46. The third-order valence-electron chi connectivity index (χ3n) is 11.0. The molecule has 2 nitrogen and oxygen atoms in total. The van der Waals surface area contributed by atoms with Gasteiger partial charge in [-0.1, -0.05) is 152 Å². The maximum atomic E-state index is 6.42. The lowest BCUT2D eigenvalue weighted by atomic mass is 9.92. The lowest BCUT2D eigenvalue weighted by molar-refractivity contribution is 0.669. The quantitative estimate of drug-likeness (QED) is 0.168. The zero-order valence-electron chi connectivity index (χ0n) is 29.4. The standard InChI is InChI=1S/C52H33NO/c1-2-11-34(12-3-1)38-14-8-16-41(31-38)53(49-21-9-15-39-32-48-45-18-6-7-22-50(45)54-51(48)33-47(39)49)40-28-25-36(26-29-40)42-19-10-20-46-44(42)30-27-37-24-23-35-13-4-5-17-43(35)52(37)46/h1-33H. The number of para-hydroxylation sites is 1. The van der Waals surface area contributed by atoms with Crippen molar-refractivity contribution in [2.45, 2.75) is 0 Å². The van der Waals surface area contributed by atoms with Crippen molar-refractivity contribution >= 4 is 82.1 Å². The lowest BCUT2D eigenvalue weighted by Crippen LogP contribution is -2.10. The molecule has 54 heavy (non-hydrogen) atoms. The molecule has 0 aliphatic carbocycles. The lowest BCUT2D eigenvalue weighted by Gasteiger charge is -2.27. The van der Waals surface area contributed by atoms with Crippen molar-refractivity contribution in [3.63, 3.8) is 0 Å². The summed E-state index contributed by atoms with van der Waals surface area (Å²) < 4.78 is 6.42. The molecule has 1 aromatic heterocycles. The van der Waals surface area contributed by atoms with Crippen LogP contribution >= 0.6 is 0 Å². The van der Waals surface area contributed by atoms with Crippen molar-refractivity contribution in [2.24, 2.45) is 0 Å². The molecule has 0 N–H and O–H groups in total. The minimum absolute atomic E-state index is 0.890. The number of benzene rings is 10. The van der Waals surface area contributed by atoms with Gasteiger partial charge in [0.1, 0.15) is 11.2 Å². The van der Waals surface area contributed by atoms with Crippen molar-refractivity contribution in [3.8, 4) is 22.3 Å². The fraction of sp³-hybridized carbons (Fsp3) is 0. The Labute approximate surface area is 312 Å². The Balaban J connectivity index is 1.09. The van der Waals surface area contributed by atoms with E-state index in [2.05, 4.69) is 193 Å². The molecule has 0 atom stereocenters. The highest BCUT2D eigenvalue weighted by molar-refractivity contribution is 6.22. The van der Waals surface area contributed by atoms with Gasteiger partial charge in [0, 0.05) is 27.5 Å².